The van der Waals surface area contributed by atoms with Crippen LogP contribution in [0.5, 0.6) is 0 Å². The van der Waals surface area contributed by atoms with Crippen LogP contribution in [0.25, 0.3) is 11.3 Å². The van der Waals surface area contributed by atoms with E-state index < -0.39 is 6.10 Å². The van der Waals surface area contributed by atoms with Crippen LogP contribution in [0.1, 0.15) is 25.3 Å². The maximum atomic E-state index is 10.1. The van der Waals surface area contributed by atoms with Gasteiger partial charge < -0.3 is 9.84 Å². The molecule has 0 fully saturated rings. The lowest BCUT2D eigenvalue weighted by atomic mass is 9.99. The molecule has 1 heterocycles. The lowest BCUT2D eigenvalue weighted by Crippen LogP contribution is -2.29. The summed E-state index contributed by atoms with van der Waals surface area (Å²) in [6.07, 6.45) is 0.744. The molecule has 0 saturated carbocycles. The minimum atomic E-state index is -0.431. The van der Waals surface area contributed by atoms with Crippen LogP contribution in [0, 0.1) is 0 Å². The number of methoxy groups -OCH3 is 1. The van der Waals surface area contributed by atoms with E-state index in [2.05, 4.69) is 4.98 Å². The van der Waals surface area contributed by atoms with Crippen LogP contribution in [0.15, 0.2) is 35.7 Å². The van der Waals surface area contributed by atoms with Crippen LogP contribution < -0.4 is 0 Å². The van der Waals surface area contributed by atoms with Gasteiger partial charge in [0.15, 0.2) is 0 Å². The van der Waals surface area contributed by atoms with Crippen LogP contribution in [0.3, 0.4) is 0 Å². The summed E-state index contributed by atoms with van der Waals surface area (Å²) < 4.78 is 5.34. The van der Waals surface area contributed by atoms with Crippen LogP contribution in [0.4, 0.5) is 0 Å². The molecule has 1 atom stereocenters. The highest BCUT2D eigenvalue weighted by atomic mass is 32.1. The molecular weight excluding hydrogens is 270 g/mol. The Hall–Kier alpha value is -1.23. The quantitative estimate of drug-likeness (QED) is 0.885. The highest BCUT2D eigenvalue weighted by Crippen LogP contribution is 2.24. The van der Waals surface area contributed by atoms with Crippen molar-refractivity contribution in [3.05, 3.63) is 40.7 Å². The summed E-state index contributed by atoms with van der Waals surface area (Å²) in [6.45, 7) is 3.96. The van der Waals surface area contributed by atoms with Gasteiger partial charge in [0.05, 0.1) is 22.4 Å². The number of nitrogens with zero attached hydrogens (tertiary/aromatic N) is 1. The second-order valence-corrected chi connectivity index (χ2v) is 6.46. The minimum absolute atomic E-state index is 0.307. The smallest absolute Gasteiger partial charge is 0.0958 e. The summed E-state index contributed by atoms with van der Waals surface area (Å²) in [5.74, 6) is 0. The SMILES string of the molecule is COC(C)(C)CC(O)Cc1nc(-c2ccccc2)cs1. The largest absolute Gasteiger partial charge is 0.393 e. The van der Waals surface area contributed by atoms with Gasteiger partial charge in [-0.05, 0) is 13.8 Å². The number of aliphatic hydroxyl groups is 1. The standard InChI is InChI=1S/C16H21NO2S/c1-16(2,19-3)10-13(18)9-15-17-14(11-20-15)12-7-5-4-6-8-12/h4-8,11,13,18H,9-10H2,1-3H3. The first-order chi connectivity index (χ1) is 9.50. The van der Waals surface area contributed by atoms with Crippen molar-refractivity contribution in [1.29, 1.82) is 0 Å². The van der Waals surface area contributed by atoms with Crippen molar-refractivity contribution < 1.29 is 9.84 Å². The Bertz CT molecular complexity index is 536. The van der Waals surface area contributed by atoms with Gasteiger partial charge in [0.2, 0.25) is 0 Å². The first kappa shape index (κ1) is 15.2. The van der Waals surface area contributed by atoms with Crippen molar-refractivity contribution in [2.45, 2.75) is 38.4 Å². The molecule has 0 aliphatic heterocycles. The third-order valence-electron chi connectivity index (χ3n) is 3.31. The Balaban J connectivity index is 2.00. The highest BCUT2D eigenvalue weighted by molar-refractivity contribution is 7.09. The molecule has 2 aromatic rings. The molecule has 0 aliphatic carbocycles. The van der Waals surface area contributed by atoms with E-state index in [1.54, 1.807) is 18.4 Å². The summed E-state index contributed by atoms with van der Waals surface area (Å²) in [5, 5.41) is 13.1. The second-order valence-electron chi connectivity index (χ2n) is 5.52. The van der Waals surface area contributed by atoms with Gasteiger partial charge in [-0.1, -0.05) is 30.3 Å². The zero-order valence-electron chi connectivity index (χ0n) is 12.2. The molecule has 0 amide bonds. The Kier molecular flexibility index (Phi) is 4.91. The molecule has 20 heavy (non-hydrogen) atoms. The lowest BCUT2D eigenvalue weighted by molar-refractivity contribution is -0.0190. The van der Waals surface area contributed by atoms with Gasteiger partial charge in [0, 0.05) is 30.9 Å². The molecular formula is C16H21NO2S. The number of aromatic nitrogens is 1. The van der Waals surface area contributed by atoms with Crippen molar-refractivity contribution in [3.8, 4) is 11.3 Å². The van der Waals surface area contributed by atoms with Crippen LogP contribution in [0.2, 0.25) is 0 Å². The molecule has 1 N–H and O–H groups in total. The molecule has 0 spiro atoms. The van der Waals surface area contributed by atoms with Gasteiger partial charge >= 0.3 is 0 Å². The maximum Gasteiger partial charge on any atom is 0.0958 e. The number of hydrogen-bond acceptors (Lipinski definition) is 4. The highest BCUT2D eigenvalue weighted by Gasteiger charge is 2.22. The summed E-state index contributed by atoms with van der Waals surface area (Å²) in [5.41, 5.74) is 1.78. The van der Waals surface area contributed by atoms with Gasteiger partial charge in [0.25, 0.3) is 0 Å². The summed E-state index contributed by atoms with van der Waals surface area (Å²) >= 11 is 1.59. The van der Waals surface area contributed by atoms with Crippen molar-refractivity contribution >= 4 is 11.3 Å². The lowest BCUT2D eigenvalue weighted by Gasteiger charge is -2.25. The van der Waals surface area contributed by atoms with Crippen LogP contribution in [-0.4, -0.2) is 28.9 Å². The van der Waals surface area contributed by atoms with Crippen molar-refractivity contribution in [2.75, 3.05) is 7.11 Å². The van der Waals surface area contributed by atoms with Gasteiger partial charge in [-0.2, -0.15) is 0 Å². The molecule has 0 bridgehead atoms. The molecule has 0 aliphatic rings. The fourth-order valence-electron chi connectivity index (χ4n) is 2.07. The number of ether oxygens (including phenoxy) is 1. The molecule has 4 heteroatoms. The Morgan fingerprint density at radius 1 is 1.30 bits per heavy atom. The maximum absolute atomic E-state index is 10.1. The normalized spacial score (nSPS) is 13.4. The Labute approximate surface area is 124 Å². The average Bonchev–Trinajstić information content (AvgIpc) is 2.87. The van der Waals surface area contributed by atoms with Crippen LogP contribution >= 0.6 is 11.3 Å². The number of rotatable bonds is 6. The summed E-state index contributed by atoms with van der Waals surface area (Å²) in [7, 11) is 1.67. The topological polar surface area (TPSA) is 42.4 Å². The zero-order valence-corrected chi connectivity index (χ0v) is 13.0. The predicted molar refractivity (Wildman–Crippen MR) is 83.0 cm³/mol. The molecule has 1 aromatic heterocycles. The number of aliphatic hydroxyl groups excluding tert-OH is 1. The van der Waals surface area contributed by atoms with Crippen molar-refractivity contribution in [3.63, 3.8) is 0 Å². The van der Waals surface area contributed by atoms with Crippen LogP contribution in [-0.2, 0) is 11.2 Å². The molecule has 0 saturated heterocycles. The molecule has 108 valence electrons. The van der Waals surface area contributed by atoms with Gasteiger partial charge in [0.1, 0.15) is 0 Å². The van der Waals surface area contributed by atoms with E-state index in [1.165, 1.54) is 0 Å². The second kappa shape index (κ2) is 6.48. The molecule has 2 rings (SSSR count). The Morgan fingerprint density at radius 2 is 2.00 bits per heavy atom. The van der Waals surface area contributed by atoms with Crippen molar-refractivity contribution in [1.82, 2.24) is 4.98 Å². The van der Waals surface area contributed by atoms with E-state index in [4.69, 9.17) is 4.74 Å². The average molecular weight is 291 g/mol. The third kappa shape index (κ3) is 4.13. The minimum Gasteiger partial charge on any atom is -0.393 e. The summed E-state index contributed by atoms with van der Waals surface area (Å²) in [6, 6.07) is 10.1. The van der Waals surface area contributed by atoms with E-state index in [-0.39, 0.29) is 5.60 Å². The first-order valence-corrected chi connectivity index (χ1v) is 7.61. The Morgan fingerprint density at radius 3 is 2.65 bits per heavy atom. The molecule has 0 radical (unpaired) electrons. The number of thiazole rings is 1. The fourth-order valence-corrected chi connectivity index (χ4v) is 2.95. The van der Waals surface area contributed by atoms with E-state index in [1.807, 2.05) is 49.6 Å². The number of benzene rings is 1. The molecule has 1 aromatic carbocycles. The zero-order chi connectivity index (χ0) is 14.6. The molecule has 3 nitrogen and oxygen atoms in total. The van der Waals surface area contributed by atoms with Gasteiger partial charge in [-0.3, -0.25) is 0 Å². The fraction of sp³-hybridized carbons (Fsp3) is 0.438. The van der Waals surface area contributed by atoms with E-state index in [0.717, 1.165) is 16.3 Å². The summed E-state index contributed by atoms with van der Waals surface area (Å²) in [4.78, 5) is 4.59. The van der Waals surface area contributed by atoms with Gasteiger partial charge in [-0.25, -0.2) is 4.98 Å². The monoisotopic (exact) mass is 291 g/mol. The van der Waals surface area contributed by atoms with Crippen molar-refractivity contribution in [2.24, 2.45) is 0 Å². The predicted octanol–water partition coefficient (Wildman–Crippen LogP) is 3.53. The van der Waals surface area contributed by atoms with E-state index >= 15 is 0 Å². The first-order valence-electron chi connectivity index (χ1n) is 6.73. The van der Waals surface area contributed by atoms with E-state index in [9.17, 15) is 5.11 Å². The van der Waals surface area contributed by atoms with Gasteiger partial charge in [-0.15, -0.1) is 11.3 Å². The van der Waals surface area contributed by atoms with E-state index in [0.29, 0.717) is 12.8 Å². The molecule has 1 unspecified atom stereocenters. The number of hydrogen-bond donors (Lipinski definition) is 1. The third-order valence-corrected chi connectivity index (χ3v) is 4.18.